The van der Waals surface area contributed by atoms with Crippen LogP contribution in [0.25, 0.3) is 17.2 Å². The molecule has 34 heavy (non-hydrogen) atoms. The minimum atomic E-state index is -0.506. The van der Waals surface area contributed by atoms with Crippen LogP contribution in [0.5, 0.6) is 0 Å². The highest BCUT2D eigenvalue weighted by Gasteiger charge is 2.20. The molecule has 8 heteroatoms. The summed E-state index contributed by atoms with van der Waals surface area (Å²) in [6, 6.07) is 13.5. The standard InChI is InChI=1S/C26H31N5O3/c1-26(2,3)30-34-29-23-16-21(24(27)32)14-20-11-10-19(15-22(20)28-23)17-6-8-18(9-7-17)25(33)31-12-4-5-13-31/h6-11,14-15,30H,4-5,12-13,16H2,1-3H3,(H2,27,32)(H,28,29). The number of amidine groups is 1. The molecule has 0 spiro atoms. The van der Waals surface area contributed by atoms with Gasteiger partial charge in [0.05, 0.1) is 5.69 Å². The molecule has 2 aliphatic rings. The molecule has 1 fully saturated rings. The maximum atomic E-state index is 12.6. The second-order valence-electron chi connectivity index (χ2n) is 9.68. The van der Waals surface area contributed by atoms with Gasteiger partial charge in [-0.2, -0.15) is 10.4 Å². The van der Waals surface area contributed by atoms with Crippen LogP contribution in [-0.2, 0) is 9.73 Å². The molecule has 4 rings (SSSR count). The van der Waals surface area contributed by atoms with Crippen molar-refractivity contribution >= 4 is 29.4 Å². The Kier molecular flexibility index (Phi) is 6.81. The summed E-state index contributed by atoms with van der Waals surface area (Å²) in [5.41, 5.74) is 15.5. The first kappa shape index (κ1) is 23.7. The highest BCUT2D eigenvalue weighted by atomic mass is 16.8. The number of hydrogen-bond donors (Lipinski definition) is 3. The number of nitrogens with two attached hydrogens (primary N) is 1. The summed E-state index contributed by atoms with van der Waals surface area (Å²) in [5, 5.41) is 0. The predicted octanol–water partition coefficient (Wildman–Crippen LogP) is 3.72. The van der Waals surface area contributed by atoms with Crippen LogP contribution < -0.4 is 16.7 Å². The highest BCUT2D eigenvalue weighted by Crippen LogP contribution is 2.32. The van der Waals surface area contributed by atoms with E-state index in [1.165, 1.54) is 0 Å². The fourth-order valence-electron chi connectivity index (χ4n) is 3.91. The molecule has 178 valence electrons. The fourth-order valence-corrected chi connectivity index (χ4v) is 3.91. The van der Waals surface area contributed by atoms with Gasteiger partial charge in [-0.1, -0.05) is 24.3 Å². The molecule has 0 aromatic heterocycles. The van der Waals surface area contributed by atoms with Crippen LogP contribution in [0, 0.1) is 0 Å². The van der Waals surface area contributed by atoms with Crippen LogP contribution in [0.4, 0.5) is 5.69 Å². The average molecular weight is 462 g/mol. The lowest BCUT2D eigenvalue weighted by Gasteiger charge is -2.20. The number of hydrogen-bond acceptors (Lipinski definition) is 6. The third kappa shape index (κ3) is 5.70. The van der Waals surface area contributed by atoms with Gasteiger partial charge in [0.15, 0.2) is 0 Å². The number of primary amides is 1. The molecule has 1 saturated heterocycles. The van der Waals surface area contributed by atoms with Gasteiger partial charge in [-0.15, -0.1) is 0 Å². The molecule has 0 radical (unpaired) electrons. The number of rotatable bonds is 5. The number of aliphatic imine (C=N–C) groups is 1. The summed E-state index contributed by atoms with van der Waals surface area (Å²) in [6.07, 6.45) is 4.12. The van der Waals surface area contributed by atoms with Crippen molar-refractivity contribution in [1.29, 1.82) is 0 Å². The zero-order valence-corrected chi connectivity index (χ0v) is 19.9. The van der Waals surface area contributed by atoms with Crippen molar-refractivity contribution in [2.75, 3.05) is 13.1 Å². The van der Waals surface area contributed by atoms with Crippen LogP contribution in [0.3, 0.4) is 0 Å². The number of likely N-dealkylation sites (tertiary alicyclic amines) is 1. The summed E-state index contributed by atoms with van der Waals surface area (Å²) in [6.45, 7) is 7.54. The summed E-state index contributed by atoms with van der Waals surface area (Å²) in [5.74, 6) is 0.0389. The molecule has 2 aromatic carbocycles. The summed E-state index contributed by atoms with van der Waals surface area (Å²) in [4.78, 5) is 36.6. The Bertz CT molecular complexity index is 1140. The topological polar surface area (TPSA) is 109 Å². The lowest BCUT2D eigenvalue weighted by molar-refractivity contribution is -0.114. The van der Waals surface area contributed by atoms with Gasteiger partial charge in [-0.3, -0.25) is 9.59 Å². The zero-order chi connectivity index (χ0) is 24.3. The molecule has 0 saturated carbocycles. The van der Waals surface area contributed by atoms with Crippen LogP contribution >= 0.6 is 0 Å². The molecule has 2 aromatic rings. The largest absolute Gasteiger partial charge is 0.366 e. The number of amides is 2. The van der Waals surface area contributed by atoms with Gasteiger partial charge in [0, 0.05) is 41.7 Å². The van der Waals surface area contributed by atoms with E-state index in [9.17, 15) is 9.59 Å². The molecule has 0 bridgehead atoms. The third-order valence-electron chi connectivity index (χ3n) is 5.67. The number of benzene rings is 2. The number of carbonyl (C=O) groups excluding carboxylic acids is 2. The summed E-state index contributed by atoms with van der Waals surface area (Å²) < 4.78 is 0. The molecule has 2 heterocycles. The predicted molar refractivity (Wildman–Crippen MR) is 133 cm³/mol. The number of hydroxylamine groups is 2. The van der Waals surface area contributed by atoms with Gasteiger partial charge < -0.3 is 10.6 Å². The van der Waals surface area contributed by atoms with Gasteiger partial charge in [0.1, 0.15) is 5.84 Å². The quantitative estimate of drug-likeness (QED) is 0.588. The Morgan fingerprint density at radius 3 is 2.35 bits per heavy atom. The smallest absolute Gasteiger partial charge is 0.253 e. The van der Waals surface area contributed by atoms with E-state index in [4.69, 9.17) is 15.7 Å². The van der Waals surface area contributed by atoms with E-state index in [0.717, 1.165) is 42.6 Å². The Labute approximate surface area is 199 Å². The van der Waals surface area contributed by atoms with Gasteiger partial charge in [-0.25, -0.2) is 10.5 Å². The number of fused-ring (bicyclic) bond motifs is 1. The Balaban J connectivity index is 1.59. The Hall–Kier alpha value is -3.49. The second kappa shape index (κ2) is 9.79. The number of nitrogens with zero attached hydrogens (tertiary/aromatic N) is 2. The first-order chi connectivity index (χ1) is 16.2. The molecule has 0 atom stereocenters. The SMILES string of the molecule is CC(C)(C)NONC1=Nc2cc(-c3ccc(C(=O)N4CCCC4)cc3)ccc2C=C(C(N)=O)C1. The monoisotopic (exact) mass is 461 g/mol. The van der Waals surface area contributed by atoms with Crippen molar-refractivity contribution in [2.24, 2.45) is 10.7 Å². The minimum absolute atomic E-state index is 0.0827. The molecule has 8 nitrogen and oxygen atoms in total. The van der Waals surface area contributed by atoms with Gasteiger partial charge in [-0.05, 0) is 69.0 Å². The maximum absolute atomic E-state index is 12.6. The van der Waals surface area contributed by atoms with E-state index >= 15 is 0 Å². The van der Waals surface area contributed by atoms with Crippen LogP contribution in [0.2, 0.25) is 0 Å². The van der Waals surface area contributed by atoms with Crippen molar-refractivity contribution in [1.82, 2.24) is 15.9 Å². The second-order valence-corrected chi connectivity index (χ2v) is 9.68. The van der Waals surface area contributed by atoms with Crippen molar-refractivity contribution in [2.45, 2.75) is 45.6 Å². The average Bonchev–Trinajstić information content (AvgIpc) is 3.26. The first-order valence-electron chi connectivity index (χ1n) is 11.5. The van der Waals surface area contributed by atoms with E-state index in [-0.39, 0.29) is 17.9 Å². The highest BCUT2D eigenvalue weighted by molar-refractivity contribution is 6.05. The van der Waals surface area contributed by atoms with Crippen molar-refractivity contribution < 1.29 is 14.5 Å². The number of nitrogens with one attached hydrogen (secondary N) is 2. The molecule has 4 N–H and O–H groups in total. The molecular weight excluding hydrogens is 430 g/mol. The molecule has 2 aliphatic heterocycles. The summed E-state index contributed by atoms with van der Waals surface area (Å²) in [7, 11) is 0. The van der Waals surface area contributed by atoms with Gasteiger partial charge in [0.2, 0.25) is 5.91 Å². The Morgan fingerprint density at radius 2 is 1.71 bits per heavy atom. The van der Waals surface area contributed by atoms with E-state index in [0.29, 0.717) is 22.7 Å². The van der Waals surface area contributed by atoms with Crippen LogP contribution in [-0.4, -0.2) is 41.2 Å². The van der Waals surface area contributed by atoms with E-state index in [2.05, 4.69) is 11.0 Å². The fraction of sp³-hybridized carbons (Fsp3) is 0.346. The van der Waals surface area contributed by atoms with Gasteiger partial charge in [0.25, 0.3) is 5.91 Å². The van der Waals surface area contributed by atoms with E-state index in [1.54, 1.807) is 6.08 Å². The number of carbonyl (C=O) groups is 2. The van der Waals surface area contributed by atoms with Crippen molar-refractivity contribution in [3.63, 3.8) is 0 Å². The lowest BCUT2D eigenvalue weighted by atomic mass is 10.00. The zero-order valence-electron chi connectivity index (χ0n) is 19.9. The minimum Gasteiger partial charge on any atom is -0.366 e. The molecule has 2 amide bonds. The normalized spacial score (nSPS) is 15.8. The van der Waals surface area contributed by atoms with E-state index in [1.807, 2.05) is 68.1 Å². The van der Waals surface area contributed by atoms with Crippen molar-refractivity contribution in [3.05, 3.63) is 59.2 Å². The molecular formula is C26H31N5O3. The first-order valence-corrected chi connectivity index (χ1v) is 11.5. The molecule has 0 unspecified atom stereocenters. The third-order valence-corrected chi connectivity index (χ3v) is 5.67. The summed E-state index contributed by atoms with van der Waals surface area (Å²) >= 11 is 0. The van der Waals surface area contributed by atoms with Crippen LogP contribution in [0.15, 0.2) is 53.0 Å². The molecule has 0 aliphatic carbocycles. The maximum Gasteiger partial charge on any atom is 0.253 e. The van der Waals surface area contributed by atoms with Crippen LogP contribution in [0.1, 0.15) is 56.0 Å². The van der Waals surface area contributed by atoms with Crippen molar-refractivity contribution in [3.8, 4) is 11.1 Å². The van der Waals surface area contributed by atoms with Gasteiger partial charge >= 0.3 is 0 Å². The lowest BCUT2D eigenvalue weighted by Crippen LogP contribution is -2.42. The van der Waals surface area contributed by atoms with E-state index < -0.39 is 5.91 Å². The Morgan fingerprint density at radius 1 is 1.03 bits per heavy atom.